The molecule has 26 heavy (non-hydrogen) atoms. The van der Waals surface area contributed by atoms with Gasteiger partial charge in [0.25, 0.3) is 0 Å². The van der Waals surface area contributed by atoms with Crippen LogP contribution in [-0.4, -0.2) is 33.6 Å². The fourth-order valence-corrected chi connectivity index (χ4v) is 3.79. The monoisotopic (exact) mass is 440 g/mol. The Labute approximate surface area is 162 Å². The van der Waals surface area contributed by atoms with Gasteiger partial charge < -0.3 is 9.47 Å². The van der Waals surface area contributed by atoms with Gasteiger partial charge >= 0.3 is 0 Å². The summed E-state index contributed by atoms with van der Waals surface area (Å²) in [6.07, 6.45) is 0. The molecule has 0 saturated carbocycles. The average molecular weight is 441 g/mol. The van der Waals surface area contributed by atoms with Crippen LogP contribution < -0.4 is 14.6 Å². The predicted molar refractivity (Wildman–Crippen MR) is 103 cm³/mol. The molecular weight excluding hydrogens is 420 g/mol. The molecular formula is C18H21BrN2O4S. The van der Waals surface area contributed by atoms with E-state index in [0.29, 0.717) is 19.8 Å². The minimum atomic E-state index is -3.67. The summed E-state index contributed by atoms with van der Waals surface area (Å²) in [5.41, 5.74) is 2.10. The molecule has 0 aliphatic carbocycles. The van der Waals surface area contributed by atoms with Gasteiger partial charge in [-0.15, -0.1) is 0 Å². The Morgan fingerprint density at radius 2 is 1.73 bits per heavy atom. The molecule has 0 spiro atoms. The Morgan fingerprint density at radius 3 is 2.31 bits per heavy atom. The van der Waals surface area contributed by atoms with E-state index in [1.807, 2.05) is 19.2 Å². The molecule has 1 aliphatic rings. The van der Waals surface area contributed by atoms with Gasteiger partial charge in [-0.2, -0.15) is 0 Å². The molecule has 1 atom stereocenters. The summed E-state index contributed by atoms with van der Waals surface area (Å²) in [6.45, 7) is 3.87. The minimum absolute atomic E-state index is 0.0876. The Kier molecular flexibility index (Phi) is 5.57. The number of primary sulfonamides is 1. The van der Waals surface area contributed by atoms with Crippen molar-refractivity contribution < 1.29 is 17.9 Å². The number of halogens is 1. The summed E-state index contributed by atoms with van der Waals surface area (Å²) < 4.78 is 35.0. The van der Waals surface area contributed by atoms with Crippen LogP contribution in [0.3, 0.4) is 0 Å². The van der Waals surface area contributed by atoms with E-state index in [2.05, 4.69) is 27.8 Å². The Balaban J connectivity index is 1.76. The van der Waals surface area contributed by atoms with Gasteiger partial charge in [-0.3, -0.25) is 4.90 Å². The van der Waals surface area contributed by atoms with Crippen molar-refractivity contribution in [2.45, 2.75) is 24.4 Å². The van der Waals surface area contributed by atoms with Crippen molar-refractivity contribution in [1.82, 2.24) is 4.90 Å². The first-order valence-corrected chi connectivity index (χ1v) is 10.5. The highest BCUT2D eigenvalue weighted by molar-refractivity contribution is 9.10. The number of hydrogen-bond donors (Lipinski definition) is 1. The van der Waals surface area contributed by atoms with Crippen molar-refractivity contribution in [2.24, 2.45) is 5.14 Å². The molecule has 6 nitrogen and oxygen atoms in total. The van der Waals surface area contributed by atoms with Crippen LogP contribution in [0.5, 0.6) is 11.5 Å². The van der Waals surface area contributed by atoms with Crippen LogP contribution in [0.15, 0.2) is 45.8 Å². The van der Waals surface area contributed by atoms with Crippen molar-refractivity contribution in [3.63, 3.8) is 0 Å². The van der Waals surface area contributed by atoms with E-state index in [4.69, 9.17) is 14.6 Å². The standard InChI is InChI=1S/C18H21BrN2O4S/c1-12(13-3-5-15(6-4-13)26(20,22)23)21(2)11-14-9-17-18(10-16(14)19)25-8-7-24-17/h3-6,9-10,12H,7-8,11H2,1-2H3,(H2,20,22,23)/t12-/m1/s1. The lowest BCUT2D eigenvalue weighted by molar-refractivity contribution is 0.170. The first-order valence-electron chi connectivity index (χ1n) is 8.17. The second-order valence-electron chi connectivity index (χ2n) is 6.29. The molecule has 1 aliphatic heterocycles. The Morgan fingerprint density at radius 1 is 1.15 bits per heavy atom. The Hall–Kier alpha value is -1.61. The fourth-order valence-electron chi connectivity index (χ4n) is 2.82. The number of ether oxygens (including phenoxy) is 2. The van der Waals surface area contributed by atoms with Crippen LogP contribution >= 0.6 is 15.9 Å². The lowest BCUT2D eigenvalue weighted by atomic mass is 10.1. The summed E-state index contributed by atoms with van der Waals surface area (Å²) in [5.74, 6) is 1.51. The highest BCUT2D eigenvalue weighted by Gasteiger charge is 2.18. The highest BCUT2D eigenvalue weighted by Crippen LogP contribution is 2.36. The first-order chi connectivity index (χ1) is 12.3. The maximum atomic E-state index is 11.4. The molecule has 0 unspecified atom stereocenters. The SMILES string of the molecule is C[C@H](c1ccc(S(N)(=O)=O)cc1)N(C)Cc1cc2c(cc1Br)OCCO2. The molecule has 0 bridgehead atoms. The third kappa shape index (κ3) is 4.20. The van der Waals surface area contributed by atoms with Gasteiger partial charge in [0, 0.05) is 17.1 Å². The lowest BCUT2D eigenvalue weighted by Gasteiger charge is -2.27. The summed E-state index contributed by atoms with van der Waals surface area (Å²) in [4.78, 5) is 2.29. The van der Waals surface area contributed by atoms with Crippen LogP contribution in [0, 0.1) is 0 Å². The van der Waals surface area contributed by atoms with E-state index in [0.717, 1.165) is 27.1 Å². The van der Waals surface area contributed by atoms with Gasteiger partial charge in [0.05, 0.1) is 4.90 Å². The zero-order valence-corrected chi connectivity index (χ0v) is 17.0. The van der Waals surface area contributed by atoms with E-state index in [1.54, 1.807) is 12.1 Å². The highest BCUT2D eigenvalue weighted by atomic mass is 79.9. The van der Waals surface area contributed by atoms with Gasteiger partial charge in [0.1, 0.15) is 13.2 Å². The van der Waals surface area contributed by atoms with Crippen LogP contribution in [0.4, 0.5) is 0 Å². The zero-order chi connectivity index (χ0) is 18.9. The van der Waals surface area contributed by atoms with Crippen molar-refractivity contribution in [1.29, 1.82) is 0 Å². The van der Waals surface area contributed by atoms with Crippen molar-refractivity contribution in [3.8, 4) is 11.5 Å². The van der Waals surface area contributed by atoms with E-state index < -0.39 is 10.0 Å². The number of sulfonamides is 1. The van der Waals surface area contributed by atoms with Crippen molar-refractivity contribution >= 4 is 26.0 Å². The van der Waals surface area contributed by atoms with Crippen LogP contribution in [-0.2, 0) is 16.6 Å². The van der Waals surface area contributed by atoms with E-state index >= 15 is 0 Å². The number of nitrogens with two attached hydrogens (primary N) is 1. The second kappa shape index (κ2) is 7.56. The van der Waals surface area contributed by atoms with E-state index in [-0.39, 0.29) is 10.9 Å². The van der Waals surface area contributed by atoms with Gasteiger partial charge in [-0.25, -0.2) is 13.6 Å². The van der Waals surface area contributed by atoms with E-state index in [9.17, 15) is 8.42 Å². The molecule has 140 valence electrons. The van der Waals surface area contributed by atoms with Gasteiger partial charge in [0.2, 0.25) is 10.0 Å². The number of hydrogen-bond acceptors (Lipinski definition) is 5. The number of nitrogens with zero attached hydrogens (tertiary/aromatic N) is 1. The predicted octanol–water partition coefficient (Wildman–Crippen LogP) is 3.06. The first kappa shape index (κ1) is 19.2. The van der Waals surface area contributed by atoms with Gasteiger partial charge in [-0.1, -0.05) is 28.1 Å². The molecule has 0 radical (unpaired) electrons. The van der Waals surface area contributed by atoms with Crippen molar-refractivity contribution in [2.75, 3.05) is 20.3 Å². The topological polar surface area (TPSA) is 81.9 Å². The summed E-state index contributed by atoms with van der Waals surface area (Å²) >= 11 is 3.60. The summed E-state index contributed by atoms with van der Waals surface area (Å²) in [5, 5.41) is 5.15. The smallest absolute Gasteiger partial charge is 0.238 e. The average Bonchev–Trinajstić information content (AvgIpc) is 2.61. The normalized spacial score (nSPS) is 15.1. The van der Waals surface area contributed by atoms with Crippen LogP contribution in [0.1, 0.15) is 24.1 Å². The summed E-state index contributed by atoms with van der Waals surface area (Å²) in [6, 6.07) is 10.7. The molecule has 0 saturated heterocycles. The molecule has 0 fully saturated rings. The van der Waals surface area contributed by atoms with Crippen LogP contribution in [0.25, 0.3) is 0 Å². The fraction of sp³-hybridized carbons (Fsp3) is 0.333. The minimum Gasteiger partial charge on any atom is -0.486 e. The molecule has 3 rings (SSSR count). The quantitative estimate of drug-likeness (QED) is 0.772. The number of fused-ring (bicyclic) bond motifs is 1. The number of rotatable bonds is 5. The third-order valence-corrected chi connectivity index (χ3v) is 6.15. The lowest BCUT2D eigenvalue weighted by Crippen LogP contribution is -2.23. The van der Waals surface area contributed by atoms with Gasteiger partial charge in [-0.05, 0) is 49.4 Å². The molecule has 2 aromatic carbocycles. The second-order valence-corrected chi connectivity index (χ2v) is 8.71. The van der Waals surface area contributed by atoms with Gasteiger partial charge in [0.15, 0.2) is 11.5 Å². The third-order valence-electron chi connectivity index (χ3n) is 4.48. The largest absolute Gasteiger partial charge is 0.486 e. The molecule has 0 aromatic heterocycles. The summed E-state index contributed by atoms with van der Waals surface area (Å²) in [7, 11) is -1.66. The molecule has 2 N–H and O–H groups in total. The molecule has 1 heterocycles. The molecule has 8 heteroatoms. The zero-order valence-electron chi connectivity index (χ0n) is 14.6. The molecule has 2 aromatic rings. The van der Waals surface area contributed by atoms with Crippen LogP contribution in [0.2, 0.25) is 0 Å². The van der Waals surface area contributed by atoms with E-state index in [1.165, 1.54) is 12.1 Å². The maximum Gasteiger partial charge on any atom is 0.238 e. The Bertz CT molecular complexity index is 900. The maximum absolute atomic E-state index is 11.4. The van der Waals surface area contributed by atoms with Crippen molar-refractivity contribution in [3.05, 3.63) is 52.0 Å². The molecule has 0 amide bonds. The number of benzene rings is 2.